The van der Waals surface area contributed by atoms with Gasteiger partial charge in [0.1, 0.15) is 5.82 Å². The smallest absolute Gasteiger partial charge is 0.220 e. The molecule has 0 amide bonds. The number of rotatable bonds is 3. The molecule has 0 radical (unpaired) electrons. The van der Waals surface area contributed by atoms with Gasteiger partial charge in [0.25, 0.3) is 0 Å². The van der Waals surface area contributed by atoms with Crippen LogP contribution >= 0.6 is 0 Å². The summed E-state index contributed by atoms with van der Waals surface area (Å²) in [4.78, 5) is 7.77. The zero-order valence-corrected chi connectivity index (χ0v) is 11.1. The van der Waals surface area contributed by atoms with Gasteiger partial charge in [-0.2, -0.15) is 0 Å². The van der Waals surface area contributed by atoms with Crippen LogP contribution in [0.1, 0.15) is 5.56 Å². The highest BCUT2D eigenvalue weighted by atomic mass is 32.2. The van der Waals surface area contributed by atoms with Gasteiger partial charge < -0.3 is 5.73 Å². The van der Waals surface area contributed by atoms with E-state index < -0.39 is 15.5 Å². The van der Waals surface area contributed by atoms with Crippen molar-refractivity contribution in [3.05, 3.63) is 41.8 Å². The first kappa shape index (κ1) is 13.4. The minimum Gasteiger partial charge on any atom is -0.368 e. The monoisotopic (exact) mass is 280 g/mol. The number of nitrogens with one attached hydrogen (secondary N) is 1. The van der Waals surface area contributed by atoms with Gasteiger partial charge in [0.15, 0.2) is 0 Å². The summed E-state index contributed by atoms with van der Waals surface area (Å²) in [5.74, 6) is -0.366. The lowest BCUT2D eigenvalue weighted by Crippen LogP contribution is -2.00. The Bertz CT molecular complexity index is 715. The van der Waals surface area contributed by atoms with Crippen molar-refractivity contribution in [1.82, 2.24) is 9.97 Å². The molecule has 1 aromatic carbocycles. The zero-order valence-electron chi connectivity index (χ0n) is 10.3. The third-order valence-corrected chi connectivity index (χ3v) is 3.25. The van der Waals surface area contributed by atoms with E-state index in [0.29, 0.717) is 16.8 Å². The molecule has 1 atom stereocenters. The van der Waals surface area contributed by atoms with Crippen LogP contribution in [-0.2, 0) is 15.5 Å². The van der Waals surface area contributed by atoms with Crippen molar-refractivity contribution in [3.63, 3.8) is 0 Å². The molecule has 3 N–H and O–H groups in total. The summed E-state index contributed by atoms with van der Waals surface area (Å²) in [6, 6.07) is 5.85. The number of aromatic nitrogens is 2. The number of hydrogen-bond donors (Lipinski definition) is 2. The molecule has 0 aliphatic rings. The first-order valence-electron chi connectivity index (χ1n) is 5.43. The molecule has 1 aromatic heterocycles. The van der Waals surface area contributed by atoms with Gasteiger partial charge in [-0.05, 0) is 29.8 Å². The number of nitrogens with two attached hydrogens (primary N) is 1. The quantitative estimate of drug-likeness (QED) is 0.899. The fourth-order valence-corrected chi connectivity index (χ4v) is 2.54. The van der Waals surface area contributed by atoms with Crippen LogP contribution < -0.4 is 5.73 Å². The zero-order chi connectivity index (χ0) is 14.0. The average molecular weight is 280 g/mol. The van der Waals surface area contributed by atoms with Crippen LogP contribution in [0.4, 0.5) is 10.3 Å². The summed E-state index contributed by atoms with van der Waals surface area (Å²) >= 11 is 0. The highest BCUT2D eigenvalue weighted by molar-refractivity contribution is 7.90. The number of anilines is 1. The van der Waals surface area contributed by atoms with Crippen LogP contribution in [-0.4, -0.2) is 20.4 Å². The van der Waals surface area contributed by atoms with Gasteiger partial charge >= 0.3 is 0 Å². The van der Waals surface area contributed by atoms with Crippen molar-refractivity contribution in [1.29, 1.82) is 4.78 Å². The Morgan fingerprint density at radius 1 is 1.42 bits per heavy atom. The van der Waals surface area contributed by atoms with Gasteiger partial charge in [0.2, 0.25) is 5.95 Å². The molecule has 19 heavy (non-hydrogen) atoms. The molecule has 2 rings (SSSR count). The van der Waals surface area contributed by atoms with Gasteiger partial charge in [0.05, 0.1) is 11.4 Å². The normalized spacial score (nSPS) is 14.0. The molecule has 0 bridgehead atoms. The Labute approximate surface area is 110 Å². The lowest BCUT2D eigenvalue weighted by atomic mass is 10.1. The van der Waals surface area contributed by atoms with Crippen molar-refractivity contribution >= 4 is 15.7 Å². The predicted octanol–water partition coefficient (Wildman–Crippen LogP) is 2.04. The molecule has 1 unspecified atom stereocenters. The summed E-state index contributed by atoms with van der Waals surface area (Å²) in [6.45, 7) is 0. The minimum absolute atomic E-state index is 0.00166. The van der Waals surface area contributed by atoms with Crippen LogP contribution in [0, 0.1) is 10.6 Å². The van der Waals surface area contributed by atoms with Crippen molar-refractivity contribution in [3.8, 4) is 11.3 Å². The minimum atomic E-state index is -2.73. The molecular weight excluding hydrogens is 267 g/mol. The van der Waals surface area contributed by atoms with Crippen molar-refractivity contribution in [2.24, 2.45) is 0 Å². The summed E-state index contributed by atoms with van der Waals surface area (Å²) < 4.78 is 32.4. The van der Waals surface area contributed by atoms with E-state index in [1.165, 1.54) is 24.6 Å². The van der Waals surface area contributed by atoms with Gasteiger partial charge in [-0.3, -0.25) is 4.78 Å². The predicted molar refractivity (Wildman–Crippen MR) is 72.3 cm³/mol. The number of halogens is 1. The Morgan fingerprint density at radius 2 is 2.16 bits per heavy atom. The fourth-order valence-electron chi connectivity index (χ4n) is 1.73. The molecule has 2 aromatic rings. The number of nitrogens with zero attached hydrogens (tertiary/aromatic N) is 2. The molecule has 7 heteroatoms. The second kappa shape index (κ2) is 4.93. The highest BCUT2D eigenvalue weighted by Gasteiger charge is 2.08. The molecule has 0 aliphatic carbocycles. The fraction of sp³-hybridized carbons (Fsp3) is 0.167. The maximum atomic E-state index is 13.6. The Kier molecular flexibility index (Phi) is 3.48. The number of nitrogen functional groups attached to an aromatic ring is 1. The lowest BCUT2D eigenvalue weighted by molar-refractivity contribution is 0.626. The van der Waals surface area contributed by atoms with Crippen LogP contribution in [0.5, 0.6) is 0 Å². The van der Waals surface area contributed by atoms with E-state index in [1.54, 1.807) is 12.1 Å². The topological polar surface area (TPSA) is 92.7 Å². The molecule has 0 spiro atoms. The first-order valence-corrected chi connectivity index (χ1v) is 7.57. The Hall–Kier alpha value is -2.02. The first-order chi connectivity index (χ1) is 8.83. The lowest BCUT2D eigenvalue weighted by Gasteiger charge is -2.06. The summed E-state index contributed by atoms with van der Waals surface area (Å²) in [5, 5.41) is 0. The second-order valence-corrected chi connectivity index (χ2v) is 6.60. The maximum Gasteiger partial charge on any atom is 0.220 e. The standard InChI is InChI=1S/C12H13FN4OS/c1-19(15,18)7-8-4-9(6-10(13)5-8)11-2-3-16-12(14)17-11/h2-6,15H,7H2,1H3,(H2,14,16,17). The van der Waals surface area contributed by atoms with E-state index in [2.05, 4.69) is 9.97 Å². The average Bonchev–Trinajstić information content (AvgIpc) is 2.25. The van der Waals surface area contributed by atoms with Crippen molar-refractivity contribution in [2.75, 3.05) is 12.0 Å². The highest BCUT2D eigenvalue weighted by Crippen LogP contribution is 2.21. The van der Waals surface area contributed by atoms with Crippen LogP contribution in [0.25, 0.3) is 11.3 Å². The molecule has 0 saturated heterocycles. The summed E-state index contributed by atoms with van der Waals surface area (Å²) in [6.07, 6.45) is 2.80. The van der Waals surface area contributed by atoms with Crippen LogP contribution in [0.3, 0.4) is 0 Å². The van der Waals surface area contributed by atoms with Gasteiger partial charge in [-0.1, -0.05) is 0 Å². The van der Waals surface area contributed by atoms with E-state index in [-0.39, 0.29) is 11.7 Å². The molecule has 1 heterocycles. The molecule has 0 aliphatic heterocycles. The number of hydrogen-bond acceptors (Lipinski definition) is 5. The number of benzene rings is 1. The molecule has 100 valence electrons. The largest absolute Gasteiger partial charge is 0.368 e. The second-order valence-electron chi connectivity index (χ2n) is 4.30. The molecule has 5 nitrogen and oxygen atoms in total. The van der Waals surface area contributed by atoms with Crippen LogP contribution in [0.15, 0.2) is 30.5 Å². The van der Waals surface area contributed by atoms with Crippen molar-refractivity contribution in [2.45, 2.75) is 5.75 Å². The Morgan fingerprint density at radius 3 is 2.79 bits per heavy atom. The Balaban J connectivity index is 2.47. The molecule has 0 fully saturated rings. The third-order valence-electron chi connectivity index (χ3n) is 2.37. The van der Waals surface area contributed by atoms with Gasteiger partial charge in [-0.25, -0.2) is 18.6 Å². The van der Waals surface area contributed by atoms with Gasteiger partial charge in [0, 0.05) is 27.7 Å². The molecule has 0 saturated carbocycles. The molecular formula is C12H13FN4OS. The van der Waals surface area contributed by atoms with E-state index in [9.17, 15) is 8.60 Å². The SMILES string of the molecule is CS(=N)(=O)Cc1cc(F)cc(-c2ccnc(N)n2)c1. The van der Waals surface area contributed by atoms with Gasteiger partial charge in [-0.15, -0.1) is 0 Å². The van der Waals surface area contributed by atoms with E-state index in [1.807, 2.05) is 0 Å². The van der Waals surface area contributed by atoms with E-state index in [0.717, 1.165) is 0 Å². The van der Waals surface area contributed by atoms with Crippen LogP contribution in [0.2, 0.25) is 0 Å². The summed E-state index contributed by atoms with van der Waals surface area (Å²) in [5.41, 5.74) is 6.98. The van der Waals surface area contributed by atoms with E-state index in [4.69, 9.17) is 10.5 Å². The van der Waals surface area contributed by atoms with Crippen molar-refractivity contribution < 1.29 is 8.60 Å². The third kappa shape index (κ3) is 3.72. The van der Waals surface area contributed by atoms with E-state index >= 15 is 0 Å². The summed E-state index contributed by atoms with van der Waals surface area (Å²) in [7, 11) is -2.73. The maximum absolute atomic E-state index is 13.6.